The molecule has 1 heterocycles. The fourth-order valence-electron chi connectivity index (χ4n) is 2.53. The van der Waals surface area contributed by atoms with Crippen molar-refractivity contribution in [2.75, 3.05) is 30.7 Å². The van der Waals surface area contributed by atoms with Crippen LogP contribution in [0.25, 0.3) is 0 Å². The smallest absolute Gasteiger partial charge is 0.225 e. The fraction of sp³-hybridized carbons (Fsp3) is 0.533. The maximum atomic E-state index is 11.9. The molecule has 0 saturated carbocycles. The number of anilines is 2. The summed E-state index contributed by atoms with van der Waals surface area (Å²) in [7, 11) is 0. The number of benzene rings is 1. The lowest BCUT2D eigenvalue weighted by Crippen LogP contribution is -2.39. The van der Waals surface area contributed by atoms with Gasteiger partial charge in [-0.15, -0.1) is 0 Å². The van der Waals surface area contributed by atoms with Crippen molar-refractivity contribution < 1.29 is 9.90 Å². The van der Waals surface area contributed by atoms with E-state index in [2.05, 4.69) is 10.2 Å². The zero-order valence-corrected chi connectivity index (χ0v) is 11.9. The molecular formula is C15H23N3O2. The van der Waals surface area contributed by atoms with E-state index in [1.54, 1.807) is 6.07 Å². The number of nitrogens with zero attached hydrogens (tertiary/aromatic N) is 1. The van der Waals surface area contributed by atoms with Gasteiger partial charge in [-0.2, -0.15) is 0 Å². The van der Waals surface area contributed by atoms with Gasteiger partial charge in [-0.3, -0.25) is 4.79 Å². The minimum atomic E-state index is -0.244. The van der Waals surface area contributed by atoms with Gasteiger partial charge in [-0.1, -0.05) is 0 Å². The molecule has 110 valence electrons. The van der Waals surface area contributed by atoms with Crippen LogP contribution < -0.4 is 11.1 Å². The Hall–Kier alpha value is -1.59. The van der Waals surface area contributed by atoms with Crippen molar-refractivity contribution in [2.24, 2.45) is 0 Å². The molecular weight excluding hydrogens is 254 g/mol. The number of nitrogens with one attached hydrogen (secondary N) is 1. The van der Waals surface area contributed by atoms with Gasteiger partial charge in [-0.05, 0) is 50.1 Å². The van der Waals surface area contributed by atoms with E-state index in [0.717, 1.165) is 30.6 Å². The van der Waals surface area contributed by atoms with Crippen molar-refractivity contribution in [1.29, 1.82) is 0 Å². The van der Waals surface area contributed by atoms with E-state index >= 15 is 0 Å². The molecule has 5 heteroatoms. The fourth-order valence-corrected chi connectivity index (χ4v) is 2.53. The van der Waals surface area contributed by atoms with Crippen molar-refractivity contribution in [1.82, 2.24) is 4.90 Å². The number of β-amino-alcohol motifs (C(OH)–C–C–N with tert-alkyl or cyclic N) is 1. The third-order valence-electron chi connectivity index (χ3n) is 3.66. The van der Waals surface area contributed by atoms with Crippen LogP contribution in [0.2, 0.25) is 0 Å². The highest BCUT2D eigenvalue weighted by molar-refractivity contribution is 5.91. The maximum Gasteiger partial charge on any atom is 0.225 e. The number of piperidine rings is 1. The molecule has 1 unspecified atom stereocenters. The number of hydrogen-bond donors (Lipinski definition) is 3. The zero-order valence-electron chi connectivity index (χ0n) is 11.9. The third kappa shape index (κ3) is 4.21. The molecule has 1 saturated heterocycles. The SMILES string of the molecule is Cc1cc(N)ccc1NC(=O)CCN1CCCC(O)C1. The highest BCUT2D eigenvalue weighted by Gasteiger charge is 2.18. The van der Waals surface area contributed by atoms with E-state index in [4.69, 9.17) is 5.73 Å². The summed E-state index contributed by atoms with van der Waals surface area (Å²) in [5, 5.41) is 12.5. The molecule has 5 nitrogen and oxygen atoms in total. The average molecular weight is 277 g/mol. The van der Waals surface area contributed by atoms with E-state index < -0.39 is 0 Å². The van der Waals surface area contributed by atoms with Gasteiger partial charge in [0.15, 0.2) is 0 Å². The lowest BCUT2D eigenvalue weighted by molar-refractivity contribution is -0.116. The quantitative estimate of drug-likeness (QED) is 0.726. The van der Waals surface area contributed by atoms with Crippen LogP contribution in [0.5, 0.6) is 0 Å². The highest BCUT2D eigenvalue weighted by atomic mass is 16.3. The lowest BCUT2D eigenvalue weighted by atomic mass is 10.1. The number of nitrogens with two attached hydrogens (primary N) is 1. The predicted molar refractivity (Wildman–Crippen MR) is 80.5 cm³/mol. The van der Waals surface area contributed by atoms with Crippen molar-refractivity contribution in [3.8, 4) is 0 Å². The monoisotopic (exact) mass is 277 g/mol. The van der Waals surface area contributed by atoms with E-state index in [0.29, 0.717) is 25.2 Å². The molecule has 0 radical (unpaired) electrons. The summed E-state index contributed by atoms with van der Waals surface area (Å²) < 4.78 is 0. The maximum absolute atomic E-state index is 11.9. The van der Waals surface area contributed by atoms with Gasteiger partial charge in [0.25, 0.3) is 0 Å². The van der Waals surface area contributed by atoms with Gasteiger partial charge >= 0.3 is 0 Å². The second kappa shape index (κ2) is 6.72. The minimum Gasteiger partial charge on any atom is -0.399 e. The first-order valence-electron chi connectivity index (χ1n) is 7.11. The molecule has 0 bridgehead atoms. The molecule has 1 amide bonds. The Morgan fingerprint density at radius 1 is 1.55 bits per heavy atom. The van der Waals surface area contributed by atoms with E-state index in [-0.39, 0.29) is 12.0 Å². The summed E-state index contributed by atoms with van der Waals surface area (Å²) in [6, 6.07) is 5.45. The molecule has 0 aliphatic carbocycles. The molecule has 1 aliphatic heterocycles. The summed E-state index contributed by atoms with van der Waals surface area (Å²) in [6.07, 6.45) is 2.06. The number of aliphatic hydroxyl groups excluding tert-OH is 1. The largest absolute Gasteiger partial charge is 0.399 e. The molecule has 4 N–H and O–H groups in total. The van der Waals surface area contributed by atoms with Crippen LogP contribution in [-0.4, -0.2) is 41.7 Å². The average Bonchev–Trinajstić information content (AvgIpc) is 2.40. The molecule has 0 aromatic heterocycles. The number of aryl methyl sites for hydroxylation is 1. The van der Waals surface area contributed by atoms with Gasteiger partial charge in [0.05, 0.1) is 6.10 Å². The standard InChI is InChI=1S/C15H23N3O2/c1-11-9-12(16)4-5-14(11)17-15(20)6-8-18-7-2-3-13(19)10-18/h4-5,9,13,19H,2-3,6-8,10,16H2,1H3,(H,17,20). The molecule has 1 aliphatic rings. The van der Waals surface area contributed by atoms with Crippen LogP contribution in [0.3, 0.4) is 0 Å². The van der Waals surface area contributed by atoms with Crippen LogP contribution >= 0.6 is 0 Å². The Balaban J connectivity index is 1.80. The highest BCUT2D eigenvalue weighted by Crippen LogP contribution is 2.18. The number of carbonyl (C=O) groups excluding carboxylic acids is 1. The minimum absolute atomic E-state index is 0.00191. The Kier molecular flexibility index (Phi) is 4.98. The Morgan fingerprint density at radius 2 is 2.35 bits per heavy atom. The number of likely N-dealkylation sites (tertiary alicyclic amines) is 1. The molecule has 1 aromatic carbocycles. The van der Waals surface area contributed by atoms with Gasteiger partial charge in [-0.25, -0.2) is 0 Å². The van der Waals surface area contributed by atoms with Crippen molar-refractivity contribution in [3.63, 3.8) is 0 Å². The van der Waals surface area contributed by atoms with Crippen LogP contribution in [0, 0.1) is 6.92 Å². The predicted octanol–water partition coefficient (Wildman–Crippen LogP) is 1.36. The van der Waals surface area contributed by atoms with Crippen LogP contribution in [0.15, 0.2) is 18.2 Å². The molecule has 1 fully saturated rings. The molecule has 2 rings (SSSR count). The summed E-state index contributed by atoms with van der Waals surface area (Å²) in [5.74, 6) is -0.00191. The van der Waals surface area contributed by atoms with E-state index in [1.165, 1.54) is 0 Å². The molecule has 1 aromatic rings. The summed E-state index contributed by atoms with van der Waals surface area (Å²) in [5.41, 5.74) is 8.15. The first-order valence-corrected chi connectivity index (χ1v) is 7.11. The van der Waals surface area contributed by atoms with Gasteiger partial charge in [0.1, 0.15) is 0 Å². The summed E-state index contributed by atoms with van der Waals surface area (Å²) in [6.45, 7) is 4.25. The van der Waals surface area contributed by atoms with E-state index in [1.807, 2.05) is 19.1 Å². The topological polar surface area (TPSA) is 78.6 Å². The second-order valence-corrected chi connectivity index (χ2v) is 5.47. The zero-order chi connectivity index (χ0) is 14.5. The normalized spacial score (nSPS) is 19.8. The first-order chi connectivity index (χ1) is 9.54. The number of hydrogen-bond acceptors (Lipinski definition) is 4. The third-order valence-corrected chi connectivity index (χ3v) is 3.66. The Morgan fingerprint density at radius 3 is 3.05 bits per heavy atom. The summed E-state index contributed by atoms with van der Waals surface area (Å²) in [4.78, 5) is 14.1. The van der Waals surface area contributed by atoms with Crippen LogP contribution in [0.1, 0.15) is 24.8 Å². The van der Waals surface area contributed by atoms with Crippen LogP contribution in [0.4, 0.5) is 11.4 Å². The first kappa shape index (κ1) is 14.8. The van der Waals surface area contributed by atoms with Gasteiger partial charge < -0.3 is 21.1 Å². The lowest BCUT2D eigenvalue weighted by Gasteiger charge is -2.29. The second-order valence-electron chi connectivity index (χ2n) is 5.47. The Bertz CT molecular complexity index is 476. The number of carbonyl (C=O) groups is 1. The van der Waals surface area contributed by atoms with E-state index in [9.17, 15) is 9.90 Å². The molecule has 1 atom stereocenters. The van der Waals surface area contributed by atoms with Crippen LogP contribution in [-0.2, 0) is 4.79 Å². The van der Waals surface area contributed by atoms with Gasteiger partial charge in [0, 0.05) is 30.9 Å². The molecule has 20 heavy (non-hydrogen) atoms. The Labute approximate surface area is 119 Å². The number of nitrogen functional groups attached to an aromatic ring is 1. The molecule has 0 spiro atoms. The van der Waals surface area contributed by atoms with Crippen molar-refractivity contribution in [3.05, 3.63) is 23.8 Å². The van der Waals surface area contributed by atoms with Crippen molar-refractivity contribution >= 4 is 17.3 Å². The number of aliphatic hydroxyl groups is 1. The van der Waals surface area contributed by atoms with Gasteiger partial charge in [0.2, 0.25) is 5.91 Å². The number of rotatable bonds is 4. The van der Waals surface area contributed by atoms with Crippen molar-refractivity contribution in [2.45, 2.75) is 32.3 Å². The summed E-state index contributed by atoms with van der Waals surface area (Å²) >= 11 is 0. The number of amides is 1.